The van der Waals surface area contributed by atoms with E-state index in [2.05, 4.69) is 19.9 Å². The molecule has 29 heteroatoms. The van der Waals surface area contributed by atoms with E-state index in [1.165, 1.54) is 20.8 Å². The Kier molecular flexibility index (Phi) is 20.8. The minimum absolute atomic E-state index is 0.0187. The van der Waals surface area contributed by atoms with Crippen LogP contribution in [-0.2, 0) is 66.7 Å². The molecule has 5 saturated heterocycles. The van der Waals surface area contributed by atoms with Crippen LogP contribution in [0.4, 0.5) is 0 Å². The summed E-state index contributed by atoms with van der Waals surface area (Å²) in [4.78, 5) is 13.3. The Balaban J connectivity index is 1.12. The third-order valence-corrected chi connectivity index (χ3v) is 20.8. The molecule has 4 aliphatic carbocycles. The number of carbonyl (C=O) groups excluding carboxylic acids is 1. The van der Waals surface area contributed by atoms with Gasteiger partial charge in [0, 0.05) is 12.8 Å². The normalized spacial score (nSPS) is 51.3. The van der Waals surface area contributed by atoms with Crippen LogP contribution in [0.15, 0.2) is 11.6 Å². The van der Waals surface area contributed by atoms with Crippen molar-refractivity contribution >= 4 is 16.2 Å². The zero-order chi connectivity index (χ0) is 62.3. The average Bonchev–Trinajstić information content (AvgIpc) is 2.11. The Morgan fingerprint density at radius 3 is 1.82 bits per heavy atom. The van der Waals surface area contributed by atoms with Crippen molar-refractivity contribution < 1.29 is 136 Å². The molecule has 0 bridgehead atoms. The summed E-state index contributed by atoms with van der Waals surface area (Å²) in [6, 6.07) is 0. The van der Waals surface area contributed by atoms with Crippen LogP contribution >= 0.6 is 0 Å². The second-order valence-electron chi connectivity index (χ2n) is 26.7. The third-order valence-electron chi connectivity index (χ3n) is 20.3. The number of aliphatic hydroxyl groups is 13. The summed E-state index contributed by atoms with van der Waals surface area (Å²) in [6.45, 7) is 12.5. The maximum Gasteiger partial charge on any atom is 0.397 e. The molecule has 5 aliphatic heterocycles. The number of ether oxygens (including phenoxy) is 10. The number of fused-ring (bicyclic) bond motifs is 5. The Hall–Kier alpha value is -1.64. The maximum absolute atomic E-state index is 13.3. The summed E-state index contributed by atoms with van der Waals surface area (Å²) in [5.41, 5.74) is -1.54. The number of hydrogen-bond acceptors (Lipinski definition) is 27. The summed E-state index contributed by atoms with van der Waals surface area (Å²) >= 11 is 0. The molecular formula is C56H92O28S. The fourth-order valence-electron chi connectivity index (χ4n) is 15.8. The highest BCUT2D eigenvalue weighted by Gasteiger charge is 2.64. The smallest absolute Gasteiger partial charge is 0.394 e. The summed E-state index contributed by atoms with van der Waals surface area (Å²) in [7, 11) is -4.96. The minimum Gasteiger partial charge on any atom is -0.394 e. The number of carbonyl (C=O) groups is 1. The van der Waals surface area contributed by atoms with E-state index in [-0.39, 0.29) is 55.1 Å². The van der Waals surface area contributed by atoms with Crippen molar-refractivity contribution in [2.75, 3.05) is 13.2 Å². The molecule has 0 radical (unpaired) electrons. The SMILES string of the molecule is CC(C)CC(=O)C[C@](C)(O)[C@H]1CC[C@H]2[C@@H]3C[C@H](O[C@@H]4O[C@H](C)[C@@H](O[C@@H]5O[C@H](CO)[C@H](O)[C@H](O)[C@H]5O[C@@H]5O[C@H](C)[C@@H](O)[C@H](O)[C@H]5O)[C@H](O[C@@H]5OC[C@@H](O)[C@H](O)[C@H]5O)[C@H]4O[C@@H]4O[C@H](C)[C@@H](O)[C@H](O)[C@H]4O)[C@H]4C[C@@H](OS(=O)(=O)O)CC[C@]4(C)C3=CC[C@@]21C. The molecule has 28 nitrogen and oxygen atoms in total. The van der Waals surface area contributed by atoms with Gasteiger partial charge in [0.2, 0.25) is 0 Å². The van der Waals surface area contributed by atoms with Gasteiger partial charge in [0.1, 0.15) is 103 Å². The van der Waals surface area contributed by atoms with Gasteiger partial charge in [0.25, 0.3) is 0 Å². The van der Waals surface area contributed by atoms with Crippen LogP contribution < -0.4 is 0 Å². The van der Waals surface area contributed by atoms with E-state index in [4.69, 9.17) is 51.6 Å². The van der Waals surface area contributed by atoms with Crippen LogP contribution in [0.25, 0.3) is 0 Å². The van der Waals surface area contributed by atoms with E-state index in [1.54, 1.807) is 6.92 Å². The van der Waals surface area contributed by atoms with E-state index in [9.17, 15) is 84.1 Å². The molecule has 8 fully saturated rings. The Labute approximate surface area is 494 Å². The fourth-order valence-corrected chi connectivity index (χ4v) is 16.3. The van der Waals surface area contributed by atoms with Gasteiger partial charge in [-0.1, -0.05) is 39.3 Å². The molecule has 0 aromatic rings. The van der Waals surface area contributed by atoms with E-state index in [1.807, 2.05) is 13.8 Å². The van der Waals surface area contributed by atoms with Gasteiger partial charge >= 0.3 is 10.4 Å². The molecule has 5 heterocycles. The lowest BCUT2D eigenvalue weighted by atomic mass is 9.47. The van der Waals surface area contributed by atoms with Crippen LogP contribution in [-0.4, -0.2) is 264 Å². The first-order chi connectivity index (χ1) is 39.7. The summed E-state index contributed by atoms with van der Waals surface area (Å²) in [5, 5.41) is 144. The van der Waals surface area contributed by atoms with Crippen molar-refractivity contribution in [2.24, 2.45) is 40.4 Å². The van der Waals surface area contributed by atoms with Gasteiger partial charge < -0.3 is 114 Å². The number of hydrogen-bond donors (Lipinski definition) is 14. The highest BCUT2D eigenvalue weighted by molar-refractivity contribution is 7.80. The summed E-state index contributed by atoms with van der Waals surface area (Å²) in [6.07, 6.45) is -38.8. The van der Waals surface area contributed by atoms with Crippen molar-refractivity contribution in [1.82, 2.24) is 0 Å². The average molecular weight is 1250 g/mol. The number of allylic oxidation sites excluding steroid dienone is 2. The second kappa shape index (κ2) is 26.2. The maximum atomic E-state index is 13.3. The van der Waals surface area contributed by atoms with Crippen LogP contribution in [0.1, 0.15) is 113 Å². The number of aliphatic hydroxyl groups excluding tert-OH is 12. The molecule has 0 unspecified atom stereocenters. The van der Waals surface area contributed by atoms with Crippen molar-refractivity contribution in [2.45, 2.75) is 278 Å². The molecule has 9 rings (SSSR count). The lowest BCUT2D eigenvalue weighted by molar-refractivity contribution is -0.414. The van der Waals surface area contributed by atoms with Gasteiger partial charge in [0.05, 0.1) is 49.3 Å². The van der Waals surface area contributed by atoms with E-state index < -0.39 is 206 Å². The molecule has 490 valence electrons. The highest BCUT2D eigenvalue weighted by atomic mass is 32.3. The van der Waals surface area contributed by atoms with Crippen LogP contribution in [0.2, 0.25) is 0 Å². The van der Waals surface area contributed by atoms with E-state index >= 15 is 0 Å². The molecule has 3 saturated carbocycles. The largest absolute Gasteiger partial charge is 0.397 e. The summed E-state index contributed by atoms with van der Waals surface area (Å²) in [5.74, 6) is -1.20. The number of Topliss-reactive ketones (excluding diaryl/α,β-unsaturated/α-hetero) is 1. The molecule has 0 amide bonds. The van der Waals surface area contributed by atoms with Crippen LogP contribution in [0.5, 0.6) is 0 Å². The van der Waals surface area contributed by atoms with E-state index in [0.29, 0.717) is 32.1 Å². The van der Waals surface area contributed by atoms with E-state index in [0.717, 1.165) is 5.57 Å². The predicted molar refractivity (Wildman–Crippen MR) is 286 cm³/mol. The Morgan fingerprint density at radius 1 is 0.659 bits per heavy atom. The van der Waals surface area contributed by atoms with Crippen molar-refractivity contribution in [3.05, 3.63) is 11.6 Å². The first kappa shape index (κ1) is 67.7. The predicted octanol–water partition coefficient (Wildman–Crippen LogP) is -2.68. The van der Waals surface area contributed by atoms with Gasteiger partial charge in [-0.3, -0.25) is 9.35 Å². The van der Waals surface area contributed by atoms with Gasteiger partial charge in [-0.05, 0) is 113 Å². The molecular weight excluding hydrogens is 1150 g/mol. The lowest BCUT2D eigenvalue weighted by Gasteiger charge is -2.60. The summed E-state index contributed by atoms with van der Waals surface area (Å²) < 4.78 is 104. The van der Waals surface area contributed by atoms with Gasteiger partial charge in [-0.15, -0.1) is 0 Å². The van der Waals surface area contributed by atoms with Crippen molar-refractivity contribution in [3.63, 3.8) is 0 Å². The highest BCUT2D eigenvalue weighted by Crippen LogP contribution is 2.67. The quantitative estimate of drug-likeness (QED) is 0.0491. The second-order valence-corrected chi connectivity index (χ2v) is 27.7. The first-order valence-electron chi connectivity index (χ1n) is 29.9. The van der Waals surface area contributed by atoms with Crippen molar-refractivity contribution in [1.29, 1.82) is 0 Å². The molecule has 0 spiro atoms. The number of rotatable bonds is 18. The van der Waals surface area contributed by atoms with Crippen LogP contribution in [0, 0.1) is 40.4 Å². The zero-order valence-corrected chi connectivity index (χ0v) is 50.0. The minimum atomic E-state index is -4.96. The first-order valence-corrected chi connectivity index (χ1v) is 31.3. The van der Waals surface area contributed by atoms with Crippen molar-refractivity contribution in [3.8, 4) is 0 Å². The van der Waals surface area contributed by atoms with Gasteiger partial charge in [-0.25, -0.2) is 4.18 Å². The zero-order valence-electron chi connectivity index (χ0n) is 49.1. The molecule has 14 N–H and O–H groups in total. The van der Waals surface area contributed by atoms with Gasteiger partial charge in [0.15, 0.2) is 31.5 Å². The number of ketones is 1. The third kappa shape index (κ3) is 13.5. The topological polar surface area (TPSA) is 436 Å². The Bertz CT molecular complexity index is 2420. The standard InChI is InChI=1S/C56H92O28S/c1-21(2)15-25(58)18-56(8,70)34-10-9-28-27-17-32(30-16-26(84-85(71,72)73)11-13-54(30,6)29(27)12-14-55(28,34)7)78-53-48(83-51-44(69)40(65)36(61)23(4)76-51)47(82-49-42(67)37(62)31(59)20-74-49)45(24(5)77-53)80-52-46(41(66)38(63)33(19-57)79-52)81-50-43(68)39(64)35(60)22(3)75-50/h12,21-24,26-28,30-53,57,59-70H,9-11,13-20H2,1-8H3,(H,71,72,73)/t22-,23-,24-,26+,27+,28+,30-,31-,32+,33-,34+,35-,36-,37+,38+,39+,40+,41+,42-,43-,44-,45-,46-,47+,48-,49+,50+,51+,52+,53+,54-,55+,56+/m1/s1. The van der Waals surface area contributed by atoms with Gasteiger partial charge in [-0.2, -0.15) is 8.42 Å². The van der Waals surface area contributed by atoms with Crippen LogP contribution in [0.3, 0.4) is 0 Å². The molecule has 33 atom stereocenters. The molecule has 85 heavy (non-hydrogen) atoms. The molecule has 9 aliphatic rings. The fraction of sp³-hybridized carbons (Fsp3) is 0.946. The monoisotopic (exact) mass is 1240 g/mol. The lowest BCUT2D eigenvalue weighted by Crippen LogP contribution is -2.69. The Morgan fingerprint density at radius 2 is 1.22 bits per heavy atom. The molecule has 0 aromatic carbocycles. The molecule has 0 aromatic heterocycles.